The molecule has 2 heterocycles. The van der Waals surface area contributed by atoms with E-state index >= 15 is 0 Å². The van der Waals surface area contributed by atoms with Gasteiger partial charge in [-0.15, -0.1) is 0 Å². The Kier molecular flexibility index (Phi) is 5.15. The number of hydrogen-bond acceptors (Lipinski definition) is 4. The Labute approximate surface area is 134 Å². The lowest BCUT2D eigenvalue weighted by atomic mass is 9.82. The summed E-state index contributed by atoms with van der Waals surface area (Å²) < 4.78 is 36.3. The first-order chi connectivity index (χ1) is 10.6. The van der Waals surface area contributed by atoms with Gasteiger partial charge in [-0.1, -0.05) is 6.92 Å². The van der Waals surface area contributed by atoms with Crippen molar-refractivity contribution < 1.29 is 28.8 Å². The van der Waals surface area contributed by atoms with Gasteiger partial charge in [0.1, 0.15) is 12.2 Å². The fraction of sp³-hybridized carbons (Fsp3) is 0.750. The van der Waals surface area contributed by atoms with Crippen LogP contribution < -0.4 is 0 Å². The van der Waals surface area contributed by atoms with E-state index in [1.54, 1.807) is 25.3 Å². The fourth-order valence-corrected chi connectivity index (χ4v) is 3.43. The number of ether oxygens (including phenoxy) is 1. The van der Waals surface area contributed by atoms with Crippen molar-refractivity contribution in [3.63, 3.8) is 0 Å². The molecule has 0 bridgehead atoms. The lowest BCUT2D eigenvalue weighted by molar-refractivity contribution is -0.287. The molecular weight excluding hydrogens is 308 g/mol. The molecule has 1 aliphatic heterocycles. The number of aryl methyl sites for hydroxylation is 2. The minimum absolute atomic E-state index is 0.616. The summed E-state index contributed by atoms with van der Waals surface area (Å²) in [6.07, 6.45) is -6.08. The van der Waals surface area contributed by atoms with Crippen LogP contribution in [0.15, 0.2) is 12.1 Å². The van der Waals surface area contributed by atoms with Gasteiger partial charge < -0.3 is 24.6 Å². The molecule has 1 aromatic heterocycles. The highest BCUT2D eigenvalue weighted by Crippen LogP contribution is 2.45. The van der Waals surface area contributed by atoms with Crippen molar-refractivity contribution in [2.24, 2.45) is 5.92 Å². The lowest BCUT2D eigenvalue weighted by Crippen LogP contribution is -2.59. The summed E-state index contributed by atoms with van der Waals surface area (Å²) in [7, 11) is 0. The van der Waals surface area contributed by atoms with Gasteiger partial charge in [-0.2, -0.15) is 0 Å². The zero-order valence-electron chi connectivity index (χ0n) is 13.8. The molecule has 0 saturated carbocycles. The van der Waals surface area contributed by atoms with Crippen molar-refractivity contribution in [2.45, 2.75) is 64.1 Å². The molecule has 1 saturated heterocycles. The first-order valence-electron chi connectivity index (χ1n) is 7.74. The average molecular weight is 333 g/mol. The zero-order chi connectivity index (χ0) is 17.5. The van der Waals surface area contributed by atoms with Gasteiger partial charge in [-0.3, -0.25) is 0 Å². The summed E-state index contributed by atoms with van der Waals surface area (Å²) in [6, 6.07) is 2.74. The van der Waals surface area contributed by atoms with E-state index in [-0.39, 0.29) is 0 Å². The Morgan fingerprint density at radius 2 is 1.83 bits per heavy atom. The highest BCUT2D eigenvalue weighted by molar-refractivity contribution is 5.17. The molecule has 2 rings (SSSR count). The van der Waals surface area contributed by atoms with Gasteiger partial charge >= 0.3 is 0 Å². The van der Waals surface area contributed by atoms with Crippen LogP contribution in [0.5, 0.6) is 0 Å². The second kappa shape index (κ2) is 6.47. The van der Waals surface area contributed by atoms with Crippen LogP contribution in [-0.4, -0.2) is 56.8 Å². The Bertz CT molecular complexity index is 529. The summed E-state index contributed by atoms with van der Waals surface area (Å²) in [4.78, 5) is 0. The molecule has 0 radical (unpaired) electrons. The Balaban J connectivity index is 2.44. The fourth-order valence-electron chi connectivity index (χ4n) is 3.43. The van der Waals surface area contributed by atoms with Crippen molar-refractivity contribution in [3.05, 3.63) is 23.5 Å². The van der Waals surface area contributed by atoms with Crippen LogP contribution >= 0.6 is 0 Å². The highest BCUT2D eigenvalue weighted by atomic mass is 19.2. The number of halogens is 2. The molecule has 2 unspecified atom stereocenters. The first-order valence-corrected chi connectivity index (χ1v) is 7.74. The van der Waals surface area contributed by atoms with E-state index in [1.165, 1.54) is 0 Å². The SMILES string of the molecule is Cc1ccc(C)n1[C@H]1C(F)C(C)(F)O[C@@H]([C@H](O)[C@H](O)CO)[C@@H]1C. The van der Waals surface area contributed by atoms with Crippen LogP contribution in [0, 0.1) is 19.8 Å². The molecule has 3 N–H and O–H groups in total. The number of alkyl halides is 2. The van der Waals surface area contributed by atoms with Gasteiger partial charge in [0, 0.05) is 17.3 Å². The molecule has 23 heavy (non-hydrogen) atoms. The zero-order valence-corrected chi connectivity index (χ0v) is 13.8. The molecule has 7 atom stereocenters. The standard InChI is InChI=1S/C16H25F2NO4/c1-8-5-6-9(2)19(8)12-10(3)14(13(22)11(21)7-20)23-16(4,18)15(12)17/h5-6,10-15,20-22H,7H2,1-4H3/t10-,11-,12-,13-,14-,15?,16?/m1/s1. The van der Waals surface area contributed by atoms with E-state index in [1.807, 2.05) is 12.1 Å². The van der Waals surface area contributed by atoms with Crippen LogP contribution in [0.1, 0.15) is 31.3 Å². The van der Waals surface area contributed by atoms with E-state index < -0.39 is 48.9 Å². The third-order valence-electron chi connectivity index (χ3n) is 4.76. The second-order valence-corrected chi connectivity index (χ2v) is 6.55. The average Bonchev–Trinajstić information content (AvgIpc) is 2.82. The summed E-state index contributed by atoms with van der Waals surface area (Å²) in [5.74, 6) is -3.23. The molecule has 1 aliphatic rings. The summed E-state index contributed by atoms with van der Waals surface area (Å²) >= 11 is 0. The van der Waals surface area contributed by atoms with Crippen LogP contribution in [0.3, 0.4) is 0 Å². The Morgan fingerprint density at radius 1 is 1.30 bits per heavy atom. The molecule has 1 fully saturated rings. The van der Waals surface area contributed by atoms with E-state index in [0.29, 0.717) is 0 Å². The highest BCUT2D eigenvalue weighted by Gasteiger charge is 2.55. The van der Waals surface area contributed by atoms with Crippen molar-refractivity contribution >= 4 is 0 Å². The van der Waals surface area contributed by atoms with E-state index in [9.17, 15) is 19.0 Å². The van der Waals surface area contributed by atoms with Crippen LogP contribution in [0.25, 0.3) is 0 Å². The smallest absolute Gasteiger partial charge is 0.240 e. The number of aliphatic hydroxyl groups excluding tert-OH is 3. The van der Waals surface area contributed by atoms with Crippen molar-refractivity contribution in [1.29, 1.82) is 0 Å². The maximum atomic E-state index is 14.8. The van der Waals surface area contributed by atoms with Crippen LogP contribution in [0.4, 0.5) is 8.78 Å². The van der Waals surface area contributed by atoms with Crippen molar-refractivity contribution in [2.75, 3.05) is 6.61 Å². The van der Waals surface area contributed by atoms with Crippen molar-refractivity contribution in [3.8, 4) is 0 Å². The monoisotopic (exact) mass is 333 g/mol. The molecular formula is C16H25F2NO4. The number of nitrogens with zero attached hydrogens (tertiary/aromatic N) is 1. The minimum atomic E-state index is -2.61. The normalized spacial score (nSPS) is 37.6. The number of aliphatic hydroxyl groups is 3. The summed E-state index contributed by atoms with van der Waals surface area (Å²) in [6.45, 7) is 5.53. The number of aromatic nitrogens is 1. The van der Waals surface area contributed by atoms with Gasteiger partial charge in [0.05, 0.1) is 18.8 Å². The van der Waals surface area contributed by atoms with Gasteiger partial charge in [-0.25, -0.2) is 8.78 Å². The molecule has 1 aromatic rings. The Hall–Kier alpha value is -1.02. The topological polar surface area (TPSA) is 74.9 Å². The third kappa shape index (κ3) is 3.15. The third-order valence-corrected chi connectivity index (χ3v) is 4.76. The van der Waals surface area contributed by atoms with E-state index in [0.717, 1.165) is 18.3 Å². The molecule has 0 aromatic carbocycles. The predicted octanol–water partition coefficient (Wildman–Crippen LogP) is 1.42. The molecule has 7 heteroatoms. The number of rotatable bonds is 4. The largest absolute Gasteiger partial charge is 0.394 e. The van der Waals surface area contributed by atoms with Crippen LogP contribution in [-0.2, 0) is 4.74 Å². The number of hydrogen-bond donors (Lipinski definition) is 3. The summed E-state index contributed by atoms with van der Waals surface area (Å²) in [5.41, 5.74) is 1.55. The first kappa shape index (κ1) is 18.3. The maximum absolute atomic E-state index is 14.8. The molecule has 0 aliphatic carbocycles. The molecule has 132 valence electrons. The van der Waals surface area contributed by atoms with Crippen LogP contribution in [0.2, 0.25) is 0 Å². The summed E-state index contributed by atoms with van der Waals surface area (Å²) in [5, 5.41) is 28.8. The van der Waals surface area contributed by atoms with Gasteiger partial charge in [0.2, 0.25) is 5.85 Å². The van der Waals surface area contributed by atoms with Gasteiger partial charge in [0.15, 0.2) is 6.17 Å². The Morgan fingerprint density at radius 3 is 2.30 bits per heavy atom. The quantitative estimate of drug-likeness (QED) is 0.779. The van der Waals surface area contributed by atoms with Gasteiger partial charge in [0.25, 0.3) is 0 Å². The lowest BCUT2D eigenvalue weighted by Gasteiger charge is -2.47. The minimum Gasteiger partial charge on any atom is -0.394 e. The maximum Gasteiger partial charge on any atom is 0.240 e. The molecule has 0 amide bonds. The van der Waals surface area contributed by atoms with Crippen molar-refractivity contribution in [1.82, 2.24) is 4.57 Å². The molecule has 5 nitrogen and oxygen atoms in total. The van der Waals surface area contributed by atoms with E-state index in [2.05, 4.69) is 0 Å². The van der Waals surface area contributed by atoms with Gasteiger partial charge in [-0.05, 0) is 32.9 Å². The predicted molar refractivity (Wildman–Crippen MR) is 80.5 cm³/mol. The van der Waals surface area contributed by atoms with E-state index in [4.69, 9.17) is 9.84 Å². The molecule has 0 spiro atoms. The second-order valence-electron chi connectivity index (χ2n) is 6.55.